The predicted octanol–water partition coefficient (Wildman–Crippen LogP) is 0.508. The van der Waals surface area contributed by atoms with Gasteiger partial charge in [0, 0.05) is 6.54 Å². The number of sulfone groups is 1. The number of nitrogens with two attached hydrogens (primary N) is 1. The highest BCUT2D eigenvalue weighted by Crippen LogP contribution is 2.30. The Balaban J connectivity index is 2.06. The van der Waals surface area contributed by atoms with Crippen molar-refractivity contribution in [3.63, 3.8) is 0 Å². The molecule has 1 fully saturated rings. The number of hydrogen-bond donors (Lipinski definition) is 2. The highest BCUT2D eigenvalue weighted by atomic mass is 35.5. The molecule has 0 bridgehead atoms. The molecule has 1 heterocycles. The van der Waals surface area contributed by atoms with E-state index in [0.717, 1.165) is 0 Å². The molecular formula is C11H14ClNO4S. The number of rotatable bonds is 4. The summed E-state index contributed by atoms with van der Waals surface area (Å²) in [6.45, 7) is 0.109. The molecular weight excluding hydrogens is 278 g/mol. The van der Waals surface area contributed by atoms with Gasteiger partial charge in [0.15, 0.2) is 9.84 Å². The van der Waals surface area contributed by atoms with Crippen molar-refractivity contribution >= 4 is 21.4 Å². The van der Waals surface area contributed by atoms with Gasteiger partial charge in [-0.15, -0.1) is 0 Å². The van der Waals surface area contributed by atoms with Gasteiger partial charge in [-0.1, -0.05) is 17.7 Å². The molecule has 1 saturated heterocycles. The van der Waals surface area contributed by atoms with Gasteiger partial charge >= 0.3 is 0 Å². The topological polar surface area (TPSA) is 89.6 Å². The van der Waals surface area contributed by atoms with Crippen molar-refractivity contribution in [2.24, 2.45) is 5.73 Å². The fourth-order valence-electron chi connectivity index (χ4n) is 1.72. The lowest BCUT2D eigenvalue weighted by molar-refractivity contribution is 0.186. The minimum absolute atomic E-state index is 0.0243. The van der Waals surface area contributed by atoms with E-state index in [0.29, 0.717) is 16.3 Å². The average Bonchev–Trinajstić information content (AvgIpc) is 2.28. The second-order valence-electron chi connectivity index (χ2n) is 4.26. The number of aliphatic hydroxyl groups excluding tert-OH is 1. The Kier molecular flexibility index (Phi) is 3.82. The maximum absolute atomic E-state index is 11.0. The van der Waals surface area contributed by atoms with Crippen LogP contribution in [0.5, 0.6) is 5.75 Å². The van der Waals surface area contributed by atoms with E-state index in [1.807, 2.05) is 0 Å². The summed E-state index contributed by atoms with van der Waals surface area (Å²) in [6.07, 6.45) is -1.10. The quantitative estimate of drug-likeness (QED) is 0.843. The summed E-state index contributed by atoms with van der Waals surface area (Å²) in [5, 5.41) is 9.89. The van der Waals surface area contributed by atoms with Crippen molar-refractivity contribution < 1.29 is 18.3 Å². The molecule has 0 saturated carbocycles. The second-order valence-corrected chi connectivity index (χ2v) is 6.82. The van der Waals surface area contributed by atoms with Gasteiger partial charge in [0.25, 0.3) is 0 Å². The minimum atomic E-state index is -2.91. The monoisotopic (exact) mass is 291 g/mol. The number of aliphatic hydroxyl groups is 1. The zero-order valence-corrected chi connectivity index (χ0v) is 11.1. The lowest BCUT2D eigenvalue weighted by Gasteiger charge is -2.27. The molecule has 1 unspecified atom stereocenters. The summed E-state index contributed by atoms with van der Waals surface area (Å²) >= 11 is 6.00. The molecule has 0 radical (unpaired) electrons. The first-order chi connectivity index (χ1) is 8.41. The zero-order chi connectivity index (χ0) is 13.3. The van der Waals surface area contributed by atoms with Crippen LogP contribution in [0.15, 0.2) is 18.2 Å². The normalized spacial score (nSPS) is 20.2. The van der Waals surface area contributed by atoms with Gasteiger partial charge in [-0.2, -0.15) is 0 Å². The summed E-state index contributed by atoms with van der Waals surface area (Å²) in [4.78, 5) is 0. The number of hydrogen-bond acceptors (Lipinski definition) is 5. The highest BCUT2D eigenvalue weighted by Gasteiger charge is 2.35. The Hall–Kier alpha value is -0.820. The van der Waals surface area contributed by atoms with Gasteiger partial charge in [-0.05, 0) is 17.7 Å². The second kappa shape index (κ2) is 5.05. The van der Waals surface area contributed by atoms with Crippen LogP contribution in [0.2, 0.25) is 5.02 Å². The lowest BCUT2D eigenvalue weighted by atomic mass is 10.1. The summed E-state index contributed by atoms with van der Waals surface area (Å²) in [5.74, 6) is 0.469. The third-order valence-electron chi connectivity index (χ3n) is 2.74. The van der Waals surface area contributed by atoms with Crippen LogP contribution >= 0.6 is 11.6 Å². The molecule has 0 aliphatic carbocycles. The molecule has 1 aliphatic rings. The molecule has 1 atom stereocenters. The first-order valence-electron chi connectivity index (χ1n) is 5.46. The Labute approximate surface area is 110 Å². The van der Waals surface area contributed by atoms with E-state index in [9.17, 15) is 13.5 Å². The smallest absolute Gasteiger partial charge is 0.157 e. The zero-order valence-electron chi connectivity index (χ0n) is 9.54. The van der Waals surface area contributed by atoms with Gasteiger partial charge in [-0.25, -0.2) is 8.42 Å². The number of benzene rings is 1. The summed E-state index contributed by atoms with van der Waals surface area (Å²) in [7, 11) is -2.91. The van der Waals surface area contributed by atoms with Crippen LogP contribution in [0.1, 0.15) is 11.7 Å². The van der Waals surface area contributed by atoms with Gasteiger partial charge in [0.2, 0.25) is 0 Å². The SMILES string of the molecule is NCC(O)c1ccc(OC2CS(=O)(=O)C2)c(Cl)c1. The molecule has 0 aromatic heterocycles. The molecule has 0 spiro atoms. The molecule has 3 N–H and O–H groups in total. The van der Waals surface area contributed by atoms with Gasteiger partial charge in [-0.3, -0.25) is 0 Å². The maximum Gasteiger partial charge on any atom is 0.157 e. The fourth-order valence-corrected chi connectivity index (χ4v) is 3.13. The van der Waals surface area contributed by atoms with Gasteiger partial charge in [0.1, 0.15) is 11.9 Å². The molecule has 1 aromatic carbocycles. The third-order valence-corrected chi connectivity index (χ3v) is 4.79. The fraction of sp³-hybridized carbons (Fsp3) is 0.455. The Morgan fingerprint density at radius 2 is 2.17 bits per heavy atom. The predicted molar refractivity (Wildman–Crippen MR) is 68.5 cm³/mol. The number of ether oxygens (including phenoxy) is 1. The van der Waals surface area contributed by atoms with Crippen molar-refractivity contribution in [2.75, 3.05) is 18.1 Å². The summed E-state index contributed by atoms with van der Waals surface area (Å²) < 4.78 is 27.5. The molecule has 5 nitrogen and oxygen atoms in total. The van der Waals surface area contributed by atoms with E-state index in [-0.39, 0.29) is 24.2 Å². The molecule has 1 aliphatic heterocycles. The Morgan fingerprint density at radius 1 is 1.50 bits per heavy atom. The van der Waals surface area contributed by atoms with Crippen LogP contribution < -0.4 is 10.5 Å². The van der Waals surface area contributed by atoms with Crippen LogP contribution in [0.25, 0.3) is 0 Å². The van der Waals surface area contributed by atoms with E-state index in [1.165, 1.54) is 0 Å². The molecule has 0 amide bonds. The molecule has 7 heteroatoms. The minimum Gasteiger partial charge on any atom is -0.487 e. The van der Waals surface area contributed by atoms with Crippen LogP contribution in [0, 0.1) is 0 Å². The van der Waals surface area contributed by atoms with Crippen molar-refractivity contribution in [3.05, 3.63) is 28.8 Å². The molecule has 18 heavy (non-hydrogen) atoms. The van der Waals surface area contributed by atoms with E-state index >= 15 is 0 Å². The number of halogens is 1. The van der Waals surface area contributed by atoms with Crippen LogP contribution in [0.4, 0.5) is 0 Å². The van der Waals surface area contributed by atoms with E-state index in [2.05, 4.69) is 0 Å². The van der Waals surface area contributed by atoms with Crippen LogP contribution in [0.3, 0.4) is 0 Å². The Bertz CT molecular complexity index is 534. The largest absolute Gasteiger partial charge is 0.487 e. The summed E-state index contributed by atoms with van der Waals surface area (Å²) in [5.41, 5.74) is 5.95. The van der Waals surface area contributed by atoms with Gasteiger partial charge in [0.05, 0.1) is 22.6 Å². The van der Waals surface area contributed by atoms with Crippen LogP contribution in [-0.4, -0.2) is 37.7 Å². The molecule has 2 rings (SSSR count). The van der Waals surface area contributed by atoms with E-state index < -0.39 is 15.9 Å². The van der Waals surface area contributed by atoms with Crippen molar-refractivity contribution in [1.82, 2.24) is 0 Å². The van der Waals surface area contributed by atoms with Crippen molar-refractivity contribution in [3.8, 4) is 5.75 Å². The van der Waals surface area contributed by atoms with Crippen molar-refractivity contribution in [2.45, 2.75) is 12.2 Å². The van der Waals surface area contributed by atoms with Crippen LogP contribution in [-0.2, 0) is 9.84 Å². The van der Waals surface area contributed by atoms with E-state index in [4.69, 9.17) is 22.1 Å². The summed E-state index contributed by atoms with van der Waals surface area (Å²) in [6, 6.07) is 4.84. The van der Waals surface area contributed by atoms with Crippen molar-refractivity contribution in [1.29, 1.82) is 0 Å². The Morgan fingerprint density at radius 3 is 2.67 bits per heavy atom. The maximum atomic E-state index is 11.0. The molecule has 1 aromatic rings. The third kappa shape index (κ3) is 2.95. The standard InChI is InChI=1S/C11H14ClNO4S/c12-9-3-7(10(14)4-13)1-2-11(9)17-8-5-18(15,16)6-8/h1-3,8,10,14H,4-6,13H2. The first kappa shape index (κ1) is 13.6. The van der Waals surface area contributed by atoms with E-state index in [1.54, 1.807) is 18.2 Å². The molecule has 100 valence electrons. The van der Waals surface area contributed by atoms with Gasteiger partial charge < -0.3 is 15.6 Å². The first-order valence-corrected chi connectivity index (χ1v) is 7.66. The average molecular weight is 292 g/mol. The highest BCUT2D eigenvalue weighted by molar-refractivity contribution is 7.92. The lowest BCUT2D eigenvalue weighted by Crippen LogP contribution is -2.45.